The molecular weight excluding hydrogens is 338 g/mol. The van der Waals surface area contributed by atoms with E-state index in [1.165, 1.54) is 0 Å². The Hall–Kier alpha value is -3.18. The summed E-state index contributed by atoms with van der Waals surface area (Å²) in [4.78, 5) is 4.65. The van der Waals surface area contributed by atoms with Crippen molar-refractivity contribution in [3.05, 3.63) is 66.4 Å². The minimum atomic E-state index is 0.557. The van der Waals surface area contributed by atoms with Crippen LogP contribution in [0, 0.1) is 0 Å². The molecule has 0 unspecified atom stereocenters. The third-order valence-electron chi connectivity index (χ3n) is 4.81. The van der Waals surface area contributed by atoms with Gasteiger partial charge in [-0.1, -0.05) is 36.4 Å². The maximum absolute atomic E-state index is 5.89. The summed E-state index contributed by atoms with van der Waals surface area (Å²) in [5, 5.41) is 8.67. The molecule has 0 saturated heterocycles. The number of aromatic amines is 1. The van der Waals surface area contributed by atoms with E-state index in [0.29, 0.717) is 19.8 Å². The first-order chi connectivity index (χ1) is 13.4. The fourth-order valence-corrected chi connectivity index (χ4v) is 3.45. The van der Waals surface area contributed by atoms with Crippen molar-refractivity contribution in [2.24, 2.45) is 0 Å². The van der Waals surface area contributed by atoms with Gasteiger partial charge in [-0.2, -0.15) is 5.10 Å². The Morgan fingerprint density at radius 2 is 1.93 bits per heavy atom. The highest BCUT2D eigenvalue weighted by Crippen LogP contribution is 2.32. The van der Waals surface area contributed by atoms with Crippen LogP contribution in [0.25, 0.3) is 33.4 Å². The topological polar surface area (TPSA) is 60.0 Å². The molecule has 3 heterocycles. The largest absolute Gasteiger partial charge is 0.493 e. The number of benzene rings is 2. The first-order valence-electron chi connectivity index (χ1n) is 9.12. The zero-order valence-electron chi connectivity index (χ0n) is 14.8. The number of H-pyrrole nitrogens is 1. The van der Waals surface area contributed by atoms with Crippen LogP contribution in [-0.4, -0.2) is 28.4 Å². The van der Waals surface area contributed by atoms with Crippen molar-refractivity contribution in [1.82, 2.24) is 15.2 Å². The fraction of sp³-hybridized carbons (Fsp3) is 0.182. The Morgan fingerprint density at radius 1 is 0.963 bits per heavy atom. The van der Waals surface area contributed by atoms with Crippen LogP contribution in [0.2, 0.25) is 0 Å². The fourth-order valence-electron chi connectivity index (χ4n) is 3.45. The molecule has 0 fully saturated rings. The number of aromatic nitrogens is 3. The van der Waals surface area contributed by atoms with Crippen LogP contribution >= 0.6 is 0 Å². The van der Waals surface area contributed by atoms with Gasteiger partial charge in [0.2, 0.25) is 0 Å². The van der Waals surface area contributed by atoms with Crippen molar-refractivity contribution in [3.8, 4) is 28.3 Å². The molecule has 1 aliphatic heterocycles. The number of hydrogen-bond donors (Lipinski definition) is 1. The van der Waals surface area contributed by atoms with Gasteiger partial charge in [-0.05, 0) is 23.8 Å². The number of nitrogens with zero attached hydrogens (tertiary/aromatic N) is 2. The maximum atomic E-state index is 5.89. The number of rotatable bonds is 0. The van der Waals surface area contributed by atoms with Gasteiger partial charge in [-0.3, -0.25) is 10.1 Å². The highest BCUT2D eigenvalue weighted by atomic mass is 16.5. The van der Waals surface area contributed by atoms with Crippen LogP contribution in [0.4, 0.5) is 0 Å². The van der Waals surface area contributed by atoms with Crippen LogP contribution in [0.3, 0.4) is 0 Å². The molecule has 0 spiro atoms. The first kappa shape index (κ1) is 16.0. The summed E-state index contributed by atoms with van der Waals surface area (Å²) in [6.45, 7) is 1.83. The number of hydrogen-bond acceptors (Lipinski definition) is 4. The van der Waals surface area contributed by atoms with Crippen molar-refractivity contribution in [1.29, 1.82) is 0 Å². The average Bonchev–Trinajstić information content (AvgIpc) is 3.14. The molecule has 134 valence electrons. The van der Waals surface area contributed by atoms with Gasteiger partial charge in [0.15, 0.2) is 0 Å². The molecule has 0 amide bonds. The zero-order valence-corrected chi connectivity index (χ0v) is 14.8. The van der Waals surface area contributed by atoms with Gasteiger partial charge in [-0.25, -0.2) is 0 Å². The second kappa shape index (κ2) is 6.85. The van der Waals surface area contributed by atoms with E-state index >= 15 is 0 Å². The molecule has 5 nitrogen and oxygen atoms in total. The van der Waals surface area contributed by atoms with E-state index in [1.807, 2.05) is 36.5 Å². The average molecular weight is 357 g/mol. The molecule has 27 heavy (non-hydrogen) atoms. The summed E-state index contributed by atoms with van der Waals surface area (Å²) >= 11 is 0. The lowest BCUT2D eigenvalue weighted by atomic mass is 10.0. The number of ether oxygens (including phenoxy) is 2. The summed E-state index contributed by atoms with van der Waals surface area (Å²) < 4.78 is 11.8. The highest BCUT2D eigenvalue weighted by Gasteiger charge is 2.13. The molecule has 4 bridgehead atoms. The van der Waals surface area contributed by atoms with Crippen LogP contribution in [0.1, 0.15) is 12.0 Å². The lowest BCUT2D eigenvalue weighted by molar-refractivity contribution is 0.107. The summed E-state index contributed by atoms with van der Waals surface area (Å²) in [5.74, 6) is 0.844. The number of nitrogens with one attached hydrogen (secondary N) is 1. The molecule has 0 aliphatic carbocycles. The van der Waals surface area contributed by atoms with Gasteiger partial charge in [0.05, 0.1) is 37.2 Å². The first-order valence-corrected chi connectivity index (χ1v) is 9.12. The monoisotopic (exact) mass is 357 g/mol. The predicted molar refractivity (Wildman–Crippen MR) is 105 cm³/mol. The summed E-state index contributed by atoms with van der Waals surface area (Å²) in [6.07, 6.45) is 2.68. The maximum Gasteiger partial charge on any atom is 0.119 e. The van der Waals surface area contributed by atoms with Crippen molar-refractivity contribution in [2.45, 2.75) is 13.0 Å². The van der Waals surface area contributed by atoms with Crippen LogP contribution in [0.15, 0.2) is 60.8 Å². The molecule has 2 aromatic heterocycles. The Morgan fingerprint density at radius 3 is 2.93 bits per heavy atom. The molecule has 4 aromatic rings. The van der Waals surface area contributed by atoms with E-state index in [2.05, 4.69) is 39.4 Å². The molecule has 0 saturated carbocycles. The second-order valence-corrected chi connectivity index (χ2v) is 6.63. The summed E-state index contributed by atoms with van der Waals surface area (Å²) in [7, 11) is 0. The Balaban J connectivity index is 1.71. The van der Waals surface area contributed by atoms with E-state index < -0.39 is 0 Å². The Bertz CT molecular complexity index is 1100. The van der Waals surface area contributed by atoms with Gasteiger partial charge in [0.1, 0.15) is 11.4 Å². The number of pyridine rings is 1. The van der Waals surface area contributed by atoms with E-state index in [-0.39, 0.29) is 0 Å². The minimum Gasteiger partial charge on any atom is -0.493 e. The standard InChI is InChI=1S/C22H19N3O2/c1-2-8-18-16(5-1)14-26-9-4-10-27-17-7-3-6-15(11-17)22-19-12-20(18)23-13-21(19)24-25-22/h1-3,5-8,11-13H,4,9-10,14H2,(H,24,25). The molecule has 2 aromatic carbocycles. The normalized spacial score (nSPS) is 14.2. The van der Waals surface area contributed by atoms with Crippen molar-refractivity contribution < 1.29 is 9.47 Å². The highest BCUT2D eigenvalue weighted by molar-refractivity contribution is 5.94. The Kier molecular flexibility index (Phi) is 4.07. The molecule has 5 heteroatoms. The van der Waals surface area contributed by atoms with Crippen molar-refractivity contribution in [2.75, 3.05) is 13.2 Å². The molecule has 0 atom stereocenters. The van der Waals surface area contributed by atoms with Gasteiger partial charge < -0.3 is 9.47 Å². The second-order valence-electron chi connectivity index (χ2n) is 6.63. The van der Waals surface area contributed by atoms with E-state index in [4.69, 9.17) is 9.47 Å². The lowest BCUT2D eigenvalue weighted by Gasteiger charge is -2.10. The molecule has 1 N–H and O–H groups in total. The van der Waals surface area contributed by atoms with E-state index in [9.17, 15) is 0 Å². The van der Waals surface area contributed by atoms with Crippen LogP contribution in [0.5, 0.6) is 5.75 Å². The summed E-state index contributed by atoms with van der Waals surface area (Å²) in [5.41, 5.74) is 5.99. The number of fused-ring (bicyclic) bond motifs is 6. The molecule has 1 aliphatic rings. The smallest absolute Gasteiger partial charge is 0.119 e. The van der Waals surface area contributed by atoms with Crippen LogP contribution < -0.4 is 4.74 Å². The SMILES string of the molecule is c1cc2cc(c1)-c1n[nH]c3cnc(cc13)-c1ccccc1COCCCO2. The van der Waals surface area contributed by atoms with E-state index in [1.54, 1.807) is 0 Å². The quantitative estimate of drug-likeness (QED) is 0.500. The third-order valence-corrected chi connectivity index (χ3v) is 4.81. The van der Waals surface area contributed by atoms with Crippen LogP contribution in [-0.2, 0) is 11.3 Å². The predicted octanol–water partition coefficient (Wildman–Crippen LogP) is 4.59. The van der Waals surface area contributed by atoms with E-state index in [0.717, 1.165) is 51.2 Å². The van der Waals surface area contributed by atoms with Gasteiger partial charge >= 0.3 is 0 Å². The third kappa shape index (κ3) is 3.06. The van der Waals surface area contributed by atoms with Crippen molar-refractivity contribution in [3.63, 3.8) is 0 Å². The Labute approximate surface area is 157 Å². The zero-order chi connectivity index (χ0) is 18.1. The minimum absolute atomic E-state index is 0.557. The van der Waals surface area contributed by atoms with Crippen molar-refractivity contribution >= 4 is 10.9 Å². The summed E-state index contributed by atoms with van der Waals surface area (Å²) in [6, 6.07) is 18.4. The lowest BCUT2D eigenvalue weighted by Crippen LogP contribution is -2.04. The molecule has 0 radical (unpaired) electrons. The van der Waals surface area contributed by atoms with Gasteiger partial charge in [0.25, 0.3) is 0 Å². The van der Waals surface area contributed by atoms with Gasteiger partial charge in [-0.15, -0.1) is 0 Å². The molecule has 5 rings (SSSR count). The molecular formula is C22H19N3O2. The van der Waals surface area contributed by atoms with Gasteiger partial charge in [0, 0.05) is 22.9 Å².